The Hall–Kier alpha value is -3.42. The zero-order valence-corrected chi connectivity index (χ0v) is 22.7. The lowest BCUT2D eigenvalue weighted by molar-refractivity contribution is 1.44. The van der Waals surface area contributed by atoms with E-state index in [-0.39, 0.29) is 0 Å². The first kappa shape index (κ1) is 23.3. The molecule has 5 rings (SSSR count). The lowest BCUT2D eigenvalue weighted by Crippen LogP contribution is -2.28. The van der Waals surface area contributed by atoms with Crippen LogP contribution < -0.4 is 0 Å². The molecule has 4 aromatic rings. The average molecular weight is 471 g/mol. The second-order valence-electron chi connectivity index (χ2n) is 10.6. The first-order valence-electron chi connectivity index (χ1n) is 12.5. The molecule has 174 valence electrons. The summed E-state index contributed by atoms with van der Waals surface area (Å²) in [4.78, 5) is 0. The highest BCUT2D eigenvalue weighted by Crippen LogP contribution is 2.55. The van der Waals surface area contributed by atoms with Crippen LogP contribution in [0, 0.1) is 27.7 Å². The van der Waals surface area contributed by atoms with Gasteiger partial charge in [-0.2, -0.15) is 0 Å². The van der Waals surface area contributed by atoms with Crippen LogP contribution in [-0.2, 0) is 0 Å². The number of rotatable bonds is 4. The molecule has 0 unspecified atom stereocenters. The van der Waals surface area contributed by atoms with Crippen molar-refractivity contribution in [3.8, 4) is 0 Å². The smallest absolute Gasteiger partial charge is 0.0615 e. The summed E-state index contributed by atoms with van der Waals surface area (Å²) in [6.45, 7) is 13.7. The molecular formula is C34H34Si. The Kier molecular flexibility index (Phi) is 5.98. The zero-order chi connectivity index (χ0) is 24.7. The standard InChI is InChI=1S/C34H34Si/c1-23-7-15-27(16-8-23)31-32(28-17-9-24(2)10-18-28)34(30-21-13-26(4)14-22-30)35(5,6)33(31)29-19-11-25(3)12-20-29/h7-22H,1-6H3. The van der Waals surface area contributed by atoms with Gasteiger partial charge in [0.2, 0.25) is 0 Å². The number of benzene rings is 4. The Morgan fingerprint density at radius 3 is 0.829 bits per heavy atom. The van der Waals surface area contributed by atoms with Gasteiger partial charge in [-0.05, 0) is 71.5 Å². The molecule has 0 spiro atoms. The van der Waals surface area contributed by atoms with Gasteiger partial charge in [0.1, 0.15) is 8.07 Å². The maximum Gasteiger partial charge on any atom is 0.115 e. The van der Waals surface area contributed by atoms with Crippen LogP contribution >= 0.6 is 0 Å². The predicted octanol–water partition coefficient (Wildman–Crippen LogP) is 9.24. The van der Waals surface area contributed by atoms with E-state index in [9.17, 15) is 0 Å². The van der Waals surface area contributed by atoms with Crippen LogP contribution in [0.3, 0.4) is 0 Å². The third kappa shape index (κ3) is 4.26. The van der Waals surface area contributed by atoms with Crippen molar-refractivity contribution < 1.29 is 0 Å². The van der Waals surface area contributed by atoms with Crippen LogP contribution in [-0.4, -0.2) is 8.07 Å². The quantitative estimate of drug-likeness (QED) is 0.261. The van der Waals surface area contributed by atoms with E-state index < -0.39 is 8.07 Å². The first-order chi connectivity index (χ1) is 16.8. The first-order valence-corrected chi connectivity index (χ1v) is 15.5. The summed E-state index contributed by atoms with van der Waals surface area (Å²) in [5.41, 5.74) is 13.3. The number of hydrogen-bond acceptors (Lipinski definition) is 0. The molecule has 0 aromatic heterocycles. The molecule has 0 aliphatic carbocycles. The molecule has 1 heterocycles. The Bertz CT molecular complexity index is 1310. The highest BCUT2D eigenvalue weighted by atomic mass is 28.3. The number of hydrogen-bond donors (Lipinski definition) is 0. The van der Waals surface area contributed by atoms with Crippen molar-refractivity contribution in [3.63, 3.8) is 0 Å². The Morgan fingerprint density at radius 2 is 0.571 bits per heavy atom. The van der Waals surface area contributed by atoms with E-state index in [1.807, 2.05) is 0 Å². The fourth-order valence-corrected chi connectivity index (χ4v) is 9.28. The van der Waals surface area contributed by atoms with Gasteiger partial charge in [0.25, 0.3) is 0 Å². The molecule has 35 heavy (non-hydrogen) atoms. The van der Waals surface area contributed by atoms with Gasteiger partial charge in [0.15, 0.2) is 0 Å². The van der Waals surface area contributed by atoms with Crippen molar-refractivity contribution in [1.82, 2.24) is 0 Å². The van der Waals surface area contributed by atoms with Crippen LogP contribution in [0.2, 0.25) is 13.1 Å². The van der Waals surface area contributed by atoms with Crippen molar-refractivity contribution in [1.29, 1.82) is 0 Å². The summed E-state index contributed by atoms with van der Waals surface area (Å²) in [7, 11) is -2.08. The van der Waals surface area contributed by atoms with Gasteiger partial charge in [0.05, 0.1) is 0 Å². The van der Waals surface area contributed by atoms with Gasteiger partial charge in [-0.25, -0.2) is 0 Å². The minimum absolute atomic E-state index is 1.29. The topological polar surface area (TPSA) is 0 Å². The van der Waals surface area contributed by atoms with E-state index in [1.165, 1.54) is 66.0 Å². The fourth-order valence-electron chi connectivity index (χ4n) is 5.47. The summed E-state index contributed by atoms with van der Waals surface area (Å²) < 4.78 is 0. The lowest BCUT2D eigenvalue weighted by Gasteiger charge is -2.26. The lowest BCUT2D eigenvalue weighted by atomic mass is 9.88. The van der Waals surface area contributed by atoms with E-state index in [0.717, 1.165) is 0 Å². The van der Waals surface area contributed by atoms with Crippen LogP contribution in [0.25, 0.3) is 21.5 Å². The molecule has 1 aliphatic heterocycles. The highest BCUT2D eigenvalue weighted by molar-refractivity contribution is 7.13. The van der Waals surface area contributed by atoms with Gasteiger partial charge < -0.3 is 0 Å². The third-order valence-corrected chi connectivity index (χ3v) is 10.9. The summed E-state index contributed by atoms with van der Waals surface area (Å²) in [6.07, 6.45) is 0. The maximum absolute atomic E-state index is 2.53. The molecule has 0 saturated heterocycles. The summed E-state index contributed by atoms with van der Waals surface area (Å²) in [5, 5.41) is 3.07. The Balaban J connectivity index is 1.90. The van der Waals surface area contributed by atoms with Crippen LogP contribution in [0.4, 0.5) is 0 Å². The van der Waals surface area contributed by atoms with Gasteiger partial charge >= 0.3 is 0 Å². The molecular weight excluding hydrogens is 436 g/mol. The van der Waals surface area contributed by atoms with Crippen molar-refractivity contribution in [3.05, 3.63) is 142 Å². The normalized spacial score (nSPS) is 15.1. The average Bonchev–Trinajstić information content (AvgIpc) is 3.08. The van der Waals surface area contributed by atoms with E-state index in [0.29, 0.717) is 0 Å². The molecule has 0 atom stereocenters. The Labute approximate surface area is 211 Å². The van der Waals surface area contributed by atoms with E-state index >= 15 is 0 Å². The summed E-state index contributed by atoms with van der Waals surface area (Å²) in [6, 6.07) is 36.6. The van der Waals surface area contributed by atoms with Crippen molar-refractivity contribution >= 4 is 29.6 Å². The van der Waals surface area contributed by atoms with Gasteiger partial charge in [-0.1, -0.05) is 132 Å². The van der Waals surface area contributed by atoms with Gasteiger partial charge in [-0.3, -0.25) is 0 Å². The molecule has 0 radical (unpaired) electrons. The zero-order valence-electron chi connectivity index (χ0n) is 21.7. The van der Waals surface area contributed by atoms with Crippen LogP contribution in [0.5, 0.6) is 0 Å². The molecule has 0 nitrogen and oxygen atoms in total. The van der Waals surface area contributed by atoms with E-state index in [4.69, 9.17) is 0 Å². The van der Waals surface area contributed by atoms with Crippen molar-refractivity contribution in [2.24, 2.45) is 0 Å². The molecule has 0 amide bonds. The largest absolute Gasteiger partial charge is 0.115 e. The fraction of sp³-hybridized carbons (Fsp3) is 0.176. The number of aryl methyl sites for hydroxylation is 4. The van der Waals surface area contributed by atoms with Crippen molar-refractivity contribution in [2.75, 3.05) is 0 Å². The van der Waals surface area contributed by atoms with E-state index in [2.05, 4.69) is 138 Å². The molecule has 1 heteroatoms. The number of allylic oxidation sites excluding steroid dienone is 2. The van der Waals surface area contributed by atoms with E-state index in [1.54, 1.807) is 0 Å². The minimum atomic E-state index is -2.08. The SMILES string of the molecule is Cc1ccc(C2=C(c3ccc(C)cc3)[Si](C)(C)C(c3ccc(C)cc3)=C2c2ccc(C)cc2)cc1. The van der Waals surface area contributed by atoms with Crippen molar-refractivity contribution in [2.45, 2.75) is 40.8 Å². The summed E-state index contributed by atoms with van der Waals surface area (Å²) in [5.74, 6) is 0. The monoisotopic (exact) mass is 470 g/mol. The van der Waals surface area contributed by atoms with Crippen LogP contribution in [0.1, 0.15) is 44.5 Å². The molecule has 1 aliphatic rings. The molecule has 4 aromatic carbocycles. The van der Waals surface area contributed by atoms with Gasteiger partial charge in [-0.15, -0.1) is 0 Å². The minimum Gasteiger partial charge on any atom is -0.0615 e. The molecule has 0 saturated carbocycles. The second kappa shape index (κ2) is 8.98. The maximum atomic E-state index is 2.53. The highest BCUT2D eigenvalue weighted by Gasteiger charge is 2.43. The summed E-state index contributed by atoms with van der Waals surface area (Å²) >= 11 is 0. The predicted molar refractivity (Wildman–Crippen MR) is 156 cm³/mol. The molecule has 0 fully saturated rings. The third-order valence-electron chi connectivity index (χ3n) is 7.36. The molecule has 0 N–H and O–H groups in total. The van der Waals surface area contributed by atoms with Crippen LogP contribution in [0.15, 0.2) is 97.1 Å². The van der Waals surface area contributed by atoms with Gasteiger partial charge in [0, 0.05) is 0 Å². The molecule has 0 bridgehead atoms. The Morgan fingerprint density at radius 1 is 0.343 bits per heavy atom. The second-order valence-corrected chi connectivity index (χ2v) is 14.8.